The molecule has 1 aromatic heterocycles. The maximum Gasteiger partial charge on any atom is 0.161 e. The van der Waals surface area contributed by atoms with E-state index >= 15 is 0 Å². The molecule has 0 aliphatic rings. The molecule has 0 bridgehead atoms. The van der Waals surface area contributed by atoms with Gasteiger partial charge in [-0.25, -0.2) is 9.97 Å². The quantitative estimate of drug-likeness (QED) is 0.709. The van der Waals surface area contributed by atoms with Crippen molar-refractivity contribution in [3.8, 4) is 17.1 Å². The van der Waals surface area contributed by atoms with Gasteiger partial charge in [0, 0.05) is 25.8 Å². The van der Waals surface area contributed by atoms with Crippen molar-refractivity contribution in [1.82, 2.24) is 9.97 Å². The number of rotatable bonds is 7. The molecular formula is C20H21N3O2. The Bertz CT molecular complexity index is 805. The molecule has 0 spiro atoms. The fraction of sp³-hybridized carbons (Fsp3) is 0.200. The van der Waals surface area contributed by atoms with E-state index in [0.29, 0.717) is 19.0 Å². The van der Waals surface area contributed by atoms with Crippen LogP contribution < -0.4 is 10.1 Å². The van der Waals surface area contributed by atoms with Crippen LogP contribution in [0.1, 0.15) is 11.3 Å². The normalized spacial score (nSPS) is 10.5. The Morgan fingerprint density at radius 1 is 0.920 bits per heavy atom. The first-order valence-corrected chi connectivity index (χ1v) is 8.10. The van der Waals surface area contributed by atoms with E-state index in [-0.39, 0.29) is 0 Å². The Hall–Kier alpha value is -2.92. The topological polar surface area (TPSA) is 56.3 Å². The van der Waals surface area contributed by atoms with Crippen molar-refractivity contribution in [3.05, 3.63) is 71.9 Å². The Balaban J connectivity index is 1.74. The number of methoxy groups -OCH3 is 1. The fourth-order valence-corrected chi connectivity index (χ4v) is 2.42. The number of hydrogen-bond donors (Lipinski definition) is 1. The van der Waals surface area contributed by atoms with Crippen LogP contribution in [0.15, 0.2) is 60.7 Å². The van der Waals surface area contributed by atoms with Crippen molar-refractivity contribution >= 4 is 5.82 Å². The predicted molar refractivity (Wildman–Crippen MR) is 98.5 cm³/mol. The van der Waals surface area contributed by atoms with Crippen LogP contribution in [0.5, 0.6) is 5.75 Å². The highest BCUT2D eigenvalue weighted by atomic mass is 16.5. The summed E-state index contributed by atoms with van der Waals surface area (Å²) in [5.74, 6) is 2.24. The maximum atomic E-state index is 5.82. The largest absolute Gasteiger partial charge is 0.489 e. The molecule has 0 fully saturated rings. The Morgan fingerprint density at radius 2 is 1.68 bits per heavy atom. The van der Waals surface area contributed by atoms with Crippen molar-refractivity contribution in [2.45, 2.75) is 13.2 Å². The van der Waals surface area contributed by atoms with Crippen molar-refractivity contribution in [2.24, 2.45) is 0 Å². The van der Waals surface area contributed by atoms with E-state index in [1.54, 1.807) is 7.11 Å². The Kier molecular flexibility index (Phi) is 5.59. The van der Waals surface area contributed by atoms with Crippen LogP contribution >= 0.6 is 0 Å². The summed E-state index contributed by atoms with van der Waals surface area (Å²) in [5, 5.41) is 3.05. The van der Waals surface area contributed by atoms with Crippen LogP contribution in [0.3, 0.4) is 0 Å². The molecule has 5 nitrogen and oxygen atoms in total. The van der Waals surface area contributed by atoms with Gasteiger partial charge in [-0.2, -0.15) is 0 Å². The van der Waals surface area contributed by atoms with Gasteiger partial charge >= 0.3 is 0 Å². The number of benzene rings is 2. The lowest BCUT2D eigenvalue weighted by Gasteiger charge is -2.09. The van der Waals surface area contributed by atoms with Crippen LogP contribution in [-0.2, 0) is 18.0 Å². The summed E-state index contributed by atoms with van der Waals surface area (Å²) in [6.07, 6.45) is 0. The van der Waals surface area contributed by atoms with E-state index in [4.69, 9.17) is 9.47 Å². The van der Waals surface area contributed by atoms with Gasteiger partial charge in [-0.15, -0.1) is 0 Å². The minimum absolute atomic E-state index is 0.447. The minimum Gasteiger partial charge on any atom is -0.489 e. The molecular weight excluding hydrogens is 314 g/mol. The standard InChI is InChI=1S/C20H21N3O2/c1-21-19-12-17(14-24-2)22-20(23-19)16-8-10-18(11-9-16)25-13-15-6-4-3-5-7-15/h3-12H,13-14H2,1-2H3,(H,21,22,23). The van der Waals surface area contributed by atoms with Gasteiger partial charge in [-0.3, -0.25) is 0 Å². The molecule has 2 aromatic carbocycles. The molecule has 3 rings (SSSR count). The number of ether oxygens (including phenoxy) is 2. The Morgan fingerprint density at radius 3 is 2.36 bits per heavy atom. The molecule has 0 saturated heterocycles. The predicted octanol–water partition coefficient (Wildman–Crippen LogP) is 3.91. The van der Waals surface area contributed by atoms with E-state index < -0.39 is 0 Å². The van der Waals surface area contributed by atoms with Gasteiger partial charge in [-0.05, 0) is 29.8 Å². The minimum atomic E-state index is 0.447. The third-order valence-electron chi connectivity index (χ3n) is 3.69. The molecule has 5 heteroatoms. The summed E-state index contributed by atoms with van der Waals surface area (Å²) in [5.41, 5.74) is 2.91. The summed E-state index contributed by atoms with van der Waals surface area (Å²) in [6, 6.07) is 19.8. The number of hydrogen-bond acceptors (Lipinski definition) is 5. The molecule has 0 saturated carbocycles. The molecule has 0 radical (unpaired) electrons. The maximum absolute atomic E-state index is 5.82. The smallest absolute Gasteiger partial charge is 0.161 e. The average Bonchev–Trinajstić information content (AvgIpc) is 2.67. The fourth-order valence-electron chi connectivity index (χ4n) is 2.42. The summed E-state index contributed by atoms with van der Waals surface area (Å²) in [6.45, 7) is 0.992. The first kappa shape index (κ1) is 16.9. The molecule has 0 atom stereocenters. The third-order valence-corrected chi connectivity index (χ3v) is 3.69. The van der Waals surface area contributed by atoms with E-state index in [0.717, 1.165) is 28.4 Å². The first-order valence-electron chi connectivity index (χ1n) is 8.10. The second kappa shape index (κ2) is 8.26. The van der Waals surface area contributed by atoms with E-state index in [1.807, 2.05) is 67.7 Å². The van der Waals surface area contributed by atoms with E-state index in [2.05, 4.69) is 15.3 Å². The summed E-state index contributed by atoms with van der Waals surface area (Å²) >= 11 is 0. The lowest BCUT2D eigenvalue weighted by molar-refractivity contribution is 0.181. The number of nitrogens with zero attached hydrogens (tertiary/aromatic N) is 2. The molecule has 1 N–H and O–H groups in total. The molecule has 0 aliphatic carbocycles. The van der Waals surface area contributed by atoms with Crippen LogP contribution in [0.4, 0.5) is 5.82 Å². The molecule has 0 amide bonds. The van der Waals surface area contributed by atoms with Gasteiger partial charge in [0.25, 0.3) is 0 Å². The van der Waals surface area contributed by atoms with Crippen LogP contribution in [-0.4, -0.2) is 24.1 Å². The average molecular weight is 335 g/mol. The van der Waals surface area contributed by atoms with Gasteiger partial charge in [0.1, 0.15) is 18.2 Å². The molecule has 0 aliphatic heterocycles. The molecule has 25 heavy (non-hydrogen) atoms. The number of anilines is 1. The zero-order valence-corrected chi connectivity index (χ0v) is 14.4. The number of aromatic nitrogens is 2. The highest BCUT2D eigenvalue weighted by molar-refractivity contribution is 5.58. The monoisotopic (exact) mass is 335 g/mol. The van der Waals surface area contributed by atoms with Crippen LogP contribution in [0.25, 0.3) is 11.4 Å². The summed E-state index contributed by atoms with van der Waals surface area (Å²) in [4.78, 5) is 9.06. The van der Waals surface area contributed by atoms with Gasteiger partial charge in [0.2, 0.25) is 0 Å². The second-order valence-electron chi connectivity index (χ2n) is 5.55. The summed E-state index contributed by atoms with van der Waals surface area (Å²) in [7, 11) is 3.49. The van der Waals surface area contributed by atoms with Gasteiger partial charge in [0.05, 0.1) is 12.3 Å². The van der Waals surface area contributed by atoms with Gasteiger partial charge in [0.15, 0.2) is 5.82 Å². The van der Waals surface area contributed by atoms with E-state index in [9.17, 15) is 0 Å². The zero-order chi connectivity index (χ0) is 17.5. The third kappa shape index (κ3) is 4.55. The van der Waals surface area contributed by atoms with Crippen LogP contribution in [0.2, 0.25) is 0 Å². The first-order chi connectivity index (χ1) is 12.3. The molecule has 3 aromatic rings. The van der Waals surface area contributed by atoms with Gasteiger partial charge < -0.3 is 14.8 Å². The van der Waals surface area contributed by atoms with Gasteiger partial charge in [-0.1, -0.05) is 30.3 Å². The van der Waals surface area contributed by atoms with Crippen LogP contribution in [0, 0.1) is 0 Å². The van der Waals surface area contributed by atoms with Crippen molar-refractivity contribution in [3.63, 3.8) is 0 Å². The lowest BCUT2D eigenvalue weighted by atomic mass is 10.2. The SMILES string of the molecule is CNc1cc(COC)nc(-c2ccc(OCc3ccccc3)cc2)n1. The van der Waals surface area contributed by atoms with Crippen molar-refractivity contribution in [1.29, 1.82) is 0 Å². The van der Waals surface area contributed by atoms with Crippen molar-refractivity contribution in [2.75, 3.05) is 19.5 Å². The molecule has 128 valence electrons. The highest BCUT2D eigenvalue weighted by Crippen LogP contribution is 2.22. The number of nitrogens with one attached hydrogen (secondary N) is 1. The summed E-state index contributed by atoms with van der Waals surface area (Å²) < 4.78 is 11.0. The molecule has 1 heterocycles. The second-order valence-corrected chi connectivity index (χ2v) is 5.55. The molecule has 0 unspecified atom stereocenters. The highest BCUT2D eigenvalue weighted by Gasteiger charge is 2.07. The zero-order valence-electron chi connectivity index (χ0n) is 14.4. The lowest BCUT2D eigenvalue weighted by Crippen LogP contribution is -2.02. The van der Waals surface area contributed by atoms with E-state index in [1.165, 1.54) is 0 Å². The van der Waals surface area contributed by atoms with Crippen molar-refractivity contribution < 1.29 is 9.47 Å². The Labute approximate surface area is 147 Å².